The molecule has 2 aromatic rings. The molecule has 2 aliphatic carbocycles. The van der Waals surface area contributed by atoms with E-state index in [0.29, 0.717) is 3.63 Å². The first-order valence-electron chi connectivity index (χ1n) is 7.90. The zero-order chi connectivity index (χ0) is 15.1. The van der Waals surface area contributed by atoms with Gasteiger partial charge in [-0.3, -0.25) is 0 Å². The molecule has 0 amide bonds. The van der Waals surface area contributed by atoms with Crippen molar-refractivity contribution in [2.45, 2.75) is 23.9 Å². The van der Waals surface area contributed by atoms with Crippen LogP contribution >= 0.6 is 24.8 Å². The van der Waals surface area contributed by atoms with Crippen molar-refractivity contribution in [1.29, 1.82) is 0 Å². The first-order valence-corrected chi connectivity index (χ1v) is 10.6. The van der Waals surface area contributed by atoms with Gasteiger partial charge < -0.3 is 0 Å². The van der Waals surface area contributed by atoms with Gasteiger partial charge >= 0.3 is 144 Å². The van der Waals surface area contributed by atoms with Gasteiger partial charge in [-0.15, -0.1) is 24.8 Å². The molecular weight excluding hydrogens is 414 g/mol. The molecule has 0 nitrogen and oxygen atoms in total. The summed E-state index contributed by atoms with van der Waals surface area (Å²) in [5, 5.41) is 0. The van der Waals surface area contributed by atoms with Crippen LogP contribution in [-0.2, 0) is 22.8 Å². The minimum absolute atomic E-state index is 0. The molecule has 0 N–H and O–H groups in total. The Morgan fingerprint density at radius 1 is 0.917 bits per heavy atom. The maximum absolute atomic E-state index is 2.36. The fraction of sp³-hybridized carbons (Fsp3) is 0.190. The Hall–Kier alpha value is -0.747. The van der Waals surface area contributed by atoms with Gasteiger partial charge in [0, 0.05) is 0 Å². The van der Waals surface area contributed by atoms with Crippen LogP contribution in [0.3, 0.4) is 0 Å². The summed E-state index contributed by atoms with van der Waals surface area (Å²) >= 11 is -0.591. The Morgan fingerprint density at radius 3 is 2.33 bits per heavy atom. The van der Waals surface area contributed by atoms with Gasteiger partial charge in [0.05, 0.1) is 0 Å². The Morgan fingerprint density at radius 2 is 1.62 bits per heavy atom. The van der Waals surface area contributed by atoms with Crippen LogP contribution in [-0.4, -0.2) is 3.21 Å². The normalized spacial score (nSPS) is 16.2. The van der Waals surface area contributed by atoms with E-state index in [1.807, 2.05) is 0 Å². The monoisotopic (exact) mass is 433 g/mol. The molecule has 0 aliphatic heterocycles. The molecule has 24 heavy (non-hydrogen) atoms. The van der Waals surface area contributed by atoms with E-state index in [4.69, 9.17) is 0 Å². The number of allylic oxidation sites excluding steroid dienone is 4. The molecule has 123 valence electrons. The smallest absolute Gasteiger partial charge is 0.147 e. The van der Waals surface area contributed by atoms with Crippen molar-refractivity contribution in [3.8, 4) is 11.1 Å². The minimum atomic E-state index is -0.591. The number of halogens is 2. The Labute approximate surface area is 167 Å². The van der Waals surface area contributed by atoms with Gasteiger partial charge in [-0.1, -0.05) is 0 Å². The van der Waals surface area contributed by atoms with Gasteiger partial charge in [0.15, 0.2) is 0 Å². The van der Waals surface area contributed by atoms with Crippen LogP contribution in [0.25, 0.3) is 16.7 Å². The molecule has 0 spiro atoms. The van der Waals surface area contributed by atoms with Gasteiger partial charge in [-0.2, -0.15) is 0 Å². The van der Waals surface area contributed by atoms with Crippen LogP contribution in [0.1, 0.15) is 40.6 Å². The van der Waals surface area contributed by atoms with Crippen LogP contribution in [0.5, 0.6) is 0 Å². The number of hydrogen-bond acceptors (Lipinski definition) is 0. The molecule has 1 atom stereocenters. The van der Waals surface area contributed by atoms with Gasteiger partial charge in [-0.05, 0) is 0 Å². The molecule has 0 heterocycles. The molecular formula is C21H21Cl2Zr. The van der Waals surface area contributed by atoms with Crippen molar-refractivity contribution in [1.82, 2.24) is 0 Å². The summed E-state index contributed by atoms with van der Waals surface area (Å²) in [6.45, 7) is 4.65. The summed E-state index contributed by atoms with van der Waals surface area (Å²) in [5.74, 6) is 0. The van der Waals surface area contributed by atoms with Crippen LogP contribution < -0.4 is 0 Å². The second-order valence-corrected chi connectivity index (χ2v) is 10.8. The van der Waals surface area contributed by atoms with E-state index in [2.05, 4.69) is 74.5 Å². The standard InChI is InChI=1S/C18H13.C3H6.2ClH.Zr/c1-2-7-13(6-1)15-10-5-11-17-16-9-4-3-8-14(16)12-18(15)17;1-3-2;;;/h1-6,8-12H,7H2;1-2H3;2*1H;. The molecule has 3 heteroatoms. The third kappa shape index (κ3) is 3.32. The maximum Gasteiger partial charge on any atom is -0.147 e. The van der Waals surface area contributed by atoms with Crippen LogP contribution in [0.15, 0.2) is 60.7 Å². The zero-order valence-electron chi connectivity index (χ0n) is 13.9. The van der Waals surface area contributed by atoms with Crippen LogP contribution in [0, 0.1) is 0 Å². The van der Waals surface area contributed by atoms with Crippen molar-refractivity contribution < 1.29 is 22.8 Å². The van der Waals surface area contributed by atoms with Gasteiger partial charge in [0.1, 0.15) is 0 Å². The molecule has 0 bridgehead atoms. The second kappa shape index (κ2) is 8.09. The van der Waals surface area contributed by atoms with Gasteiger partial charge in [0.25, 0.3) is 0 Å². The van der Waals surface area contributed by atoms with Crippen LogP contribution in [0.4, 0.5) is 0 Å². The van der Waals surface area contributed by atoms with Crippen molar-refractivity contribution in [2.24, 2.45) is 0 Å². The van der Waals surface area contributed by atoms with Crippen molar-refractivity contribution in [2.75, 3.05) is 0 Å². The Bertz CT molecular complexity index is 843. The summed E-state index contributed by atoms with van der Waals surface area (Å²) < 4.78 is 2.35. The molecule has 0 fully saturated rings. The zero-order valence-corrected chi connectivity index (χ0v) is 18.0. The predicted molar refractivity (Wildman–Crippen MR) is 106 cm³/mol. The third-order valence-electron chi connectivity index (χ3n) is 4.51. The van der Waals surface area contributed by atoms with Crippen LogP contribution in [0.2, 0.25) is 0 Å². The number of hydrogen-bond donors (Lipinski definition) is 0. The summed E-state index contributed by atoms with van der Waals surface area (Å²) in [4.78, 5) is 0. The number of fused-ring (bicyclic) bond motifs is 3. The number of benzene rings is 2. The second-order valence-electron chi connectivity index (χ2n) is 6.26. The van der Waals surface area contributed by atoms with Crippen molar-refractivity contribution in [3.63, 3.8) is 0 Å². The predicted octanol–water partition coefficient (Wildman–Crippen LogP) is 6.24. The molecule has 4 rings (SSSR count). The molecule has 0 saturated heterocycles. The van der Waals surface area contributed by atoms with E-state index in [1.54, 1.807) is 14.3 Å². The third-order valence-corrected chi connectivity index (χ3v) is 8.11. The van der Waals surface area contributed by atoms with Crippen molar-refractivity contribution in [3.05, 3.63) is 77.4 Å². The number of rotatable bonds is 2. The Kier molecular flexibility index (Phi) is 6.60. The summed E-state index contributed by atoms with van der Waals surface area (Å²) in [7, 11) is 0. The molecule has 0 saturated carbocycles. The van der Waals surface area contributed by atoms with E-state index in [9.17, 15) is 0 Å². The topological polar surface area (TPSA) is 0 Å². The van der Waals surface area contributed by atoms with E-state index in [1.165, 1.54) is 22.3 Å². The van der Waals surface area contributed by atoms with E-state index in [-0.39, 0.29) is 24.8 Å². The van der Waals surface area contributed by atoms with Crippen molar-refractivity contribution >= 4 is 33.6 Å². The molecule has 1 unspecified atom stereocenters. The average molecular weight is 436 g/mol. The largest absolute Gasteiger partial charge is 0.147 e. The summed E-state index contributed by atoms with van der Waals surface area (Å²) in [5.41, 5.74) is 9.12. The molecule has 0 aromatic heterocycles. The first-order chi connectivity index (χ1) is 10.8. The minimum Gasteiger partial charge on any atom is -0.147 e. The fourth-order valence-corrected chi connectivity index (χ4v) is 7.17. The van der Waals surface area contributed by atoms with E-state index < -0.39 is 22.8 Å². The summed E-state index contributed by atoms with van der Waals surface area (Å²) in [6.07, 6.45) is 7.84. The Balaban J connectivity index is 0.00000104. The average Bonchev–Trinajstić information content (AvgIpc) is 3.15. The van der Waals surface area contributed by atoms with Gasteiger partial charge in [0.2, 0.25) is 0 Å². The summed E-state index contributed by atoms with van der Waals surface area (Å²) in [6, 6.07) is 15.9. The maximum atomic E-state index is 2.36. The van der Waals surface area contributed by atoms with E-state index in [0.717, 1.165) is 6.42 Å². The fourth-order valence-electron chi connectivity index (χ4n) is 3.63. The molecule has 0 radical (unpaired) electrons. The first kappa shape index (κ1) is 19.6. The SMILES string of the molecule is C[C](C)=[Zr][CH]1c2ccccc2-c2cccc(C3=CC=CC3)c21.Cl.Cl. The van der Waals surface area contributed by atoms with E-state index >= 15 is 0 Å². The quantitative estimate of drug-likeness (QED) is 0.524. The van der Waals surface area contributed by atoms with Gasteiger partial charge in [-0.25, -0.2) is 0 Å². The molecule has 2 aliphatic rings. The molecule has 2 aromatic carbocycles.